The molecule has 3 saturated heterocycles. The van der Waals surface area contributed by atoms with Crippen molar-refractivity contribution in [2.24, 2.45) is 5.11 Å². The van der Waals surface area contributed by atoms with Crippen LogP contribution in [0.4, 0.5) is 5.69 Å². The van der Waals surface area contributed by atoms with Crippen molar-refractivity contribution in [3.05, 3.63) is 40.3 Å². The summed E-state index contributed by atoms with van der Waals surface area (Å²) in [5.41, 5.74) is 9.18. The van der Waals surface area contributed by atoms with Gasteiger partial charge in [0.2, 0.25) is 5.91 Å². The number of hydroxylamine groups is 2. The van der Waals surface area contributed by atoms with Gasteiger partial charge in [0.1, 0.15) is 18.3 Å². The van der Waals surface area contributed by atoms with E-state index in [2.05, 4.69) is 15.3 Å². The number of nitrogens with zero attached hydrogens (tertiary/aromatic N) is 4. The summed E-state index contributed by atoms with van der Waals surface area (Å²) in [6, 6.07) is 4.17. The van der Waals surface area contributed by atoms with Gasteiger partial charge in [-0.1, -0.05) is 17.2 Å². The number of rotatable bonds is 7. The van der Waals surface area contributed by atoms with Gasteiger partial charge in [-0.3, -0.25) is 14.4 Å². The number of hydrogen-bond acceptors (Lipinski definition) is 10. The molecular weight excluding hydrogens is 514 g/mol. The lowest BCUT2D eigenvalue weighted by atomic mass is 9.91. The first-order valence-corrected chi connectivity index (χ1v) is 12.5. The molecule has 39 heavy (non-hydrogen) atoms. The molecule has 1 unspecified atom stereocenters. The van der Waals surface area contributed by atoms with Crippen molar-refractivity contribution < 1.29 is 42.9 Å². The lowest BCUT2D eigenvalue weighted by molar-refractivity contribution is -0.177. The second-order valence-corrected chi connectivity index (χ2v) is 10.4. The predicted octanol–water partition coefficient (Wildman–Crippen LogP) is 2.49. The number of hydrogen-bond donors (Lipinski definition) is 1. The van der Waals surface area contributed by atoms with Gasteiger partial charge in [0.25, 0.3) is 5.91 Å². The van der Waals surface area contributed by atoms with Gasteiger partial charge in [-0.05, 0) is 45.4 Å². The van der Waals surface area contributed by atoms with Crippen LogP contribution in [0, 0.1) is 0 Å². The Morgan fingerprint density at radius 2 is 1.82 bits per heavy atom. The molecule has 212 valence electrons. The minimum atomic E-state index is -1.11. The van der Waals surface area contributed by atoms with E-state index in [9.17, 15) is 14.4 Å². The summed E-state index contributed by atoms with van der Waals surface area (Å²) in [6.45, 7) is 8.62. The number of ether oxygens (including phenoxy) is 5. The fourth-order valence-electron chi connectivity index (χ4n) is 5.08. The summed E-state index contributed by atoms with van der Waals surface area (Å²) in [5.74, 6) is -3.53. The summed E-state index contributed by atoms with van der Waals surface area (Å²) >= 11 is 0. The third kappa shape index (κ3) is 6.32. The third-order valence-corrected chi connectivity index (χ3v) is 6.64. The van der Waals surface area contributed by atoms with Crippen molar-refractivity contribution in [3.63, 3.8) is 0 Å². The first-order valence-electron chi connectivity index (χ1n) is 12.5. The molecule has 1 aromatic rings. The Morgan fingerprint density at radius 3 is 2.38 bits per heavy atom. The summed E-state index contributed by atoms with van der Waals surface area (Å²) in [5, 5.41) is 7.47. The average molecular weight is 548 g/mol. The molecule has 14 heteroatoms. The van der Waals surface area contributed by atoms with Crippen LogP contribution in [-0.4, -0.2) is 84.6 Å². The summed E-state index contributed by atoms with van der Waals surface area (Å²) in [6.07, 6.45) is -3.11. The average Bonchev–Trinajstić information content (AvgIpc) is 3.56. The predicted molar refractivity (Wildman–Crippen MR) is 133 cm³/mol. The van der Waals surface area contributed by atoms with Crippen LogP contribution in [0.5, 0.6) is 0 Å². The van der Waals surface area contributed by atoms with Crippen LogP contribution in [0.15, 0.2) is 29.4 Å². The van der Waals surface area contributed by atoms with E-state index in [0.717, 1.165) is 5.06 Å². The number of amides is 2. The molecule has 1 N–H and O–H groups in total. The zero-order valence-corrected chi connectivity index (χ0v) is 22.7. The van der Waals surface area contributed by atoms with Crippen molar-refractivity contribution in [3.8, 4) is 0 Å². The maximum atomic E-state index is 13.7. The second kappa shape index (κ2) is 11.1. The number of nitrogens with one attached hydrogen (secondary N) is 1. The van der Waals surface area contributed by atoms with Crippen molar-refractivity contribution in [1.29, 1.82) is 0 Å². The molecular formula is C25H33N5O9. The Bertz CT molecular complexity index is 1150. The van der Waals surface area contributed by atoms with Gasteiger partial charge >= 0.3 is 5.97 Å². The standard InChI is InChI=1S/C25H33N5O9/c1-13(31)27-19(21-20(37-25(4,5)38-21)18-12-35-24(2,3)36-18)16-11-17(23(33)34-6)39-30(16)22(32)14-7-9-15(10-8-14)28-29-26/h7-10,16-21H,11-12H2,1-6H3,(H,27,31)/t16-,17-,18+,19?,20+,21+/m0/s1. The zero-order chi connectivity index (χ0) is 28.5. The van der Waals surface area contributed by atoms with Crippen LogP contribution >= 0.6 is 0 Å². The number of esters is 1. The molecule has 0 radical (unpaired) electrons. The maximum Gasteiger partial charge on any atom is 0.337 e. The number of azide groups is 1. The van der Waals surface area contributed by atoms with Crippen LogP contribution in [-0.2, 0) is 38.1 Å². The van der Waals surface area contributed by atoms with E-state index in [0.29, 0.717) is 5.69 Å². The first kappa shape index (κ1) is 28.7. The maximum absolute atomic E-state index is 13.7. The lowest BCUT2D eigenvalue weighted by Crippen LogP contribution is -2.59. The quantitative estimate of drug-likeness (QED) is 0.233. The molecule has 3 aliphatic rings. The Kier molecular flexibility index (Phi) is 8.17. The molecule has 6 atom stereocenters. The number of methoxy groups -OCH3 is 1. The minimum absolute atomic E-state index is 0.0146. The van der Waals surface area contributed by atoms with Crippen LogP contribution in [0.1, 0.15) is 51.4 Å². The van der Waals surface area contributed by atoms with E-state index in [1.54, 1.807) is 27.7 Å². The number of benzene rings is 1. The normalized spacial score (nSPS) is 29.9. The van der Waals surface area contributed by atoms with Gasteiger partial charge in [0.05, 0.1) is 25.8 Å². The molecule has 0 saturated carbocycles. The van der Waals surface area contributed by atoms with Gasteiger partial charge < -0.3 is 29.0 Å². The van der Waals surface area contributed by atoms with Gasteiger partial charge in [0, 0.05) is 29.5 Å². The topological polar surface area (TPSA) is 171 Å². The van der Waals surface area contributed by atoms with Crippen molar-refractivity contribution in [1.82, 2.24) is 10.4 Å². The van der Waals surface area contributed by atoms with Crippen molar-refractivity contribution in [2.45, 2.75) is 89.1 Å². The van der Waals surface area contributed by atoms with E-state index < -0.39 is 60.0 Å². The van der Waals surface area contributed by atoms with Crippen LogP contribution in [0.3, 0.4) is 0 Å². The summed E-state index contributed by atoms with van der Waals surface area (Å²) in [4.78, 5) is 47.1. The Balaban J connectivity index is 1.70. The molecule has 3 aliphatic heterocycles. The highest BCUT2D eigenvalue weighted by atomic mass is 16.8. The van der Waals surface area contributed by atoms with E-state index >= 15 is 0 Å². The molecule has 1 aromatic carbocycles. The largest absolute Gasteiger partial charge is 0.467 e. The molecule has 0 aromatic heterocycles. The molecule has 0 aliphatic carbocycles. The van der Waals surface area contributed by atoms with Crippen LogP contribution in [0.2, 0.25) is 0 Å². The summed E-state index contributed by atoms with van der Waals surface area (Å²) < 4.78 is 29.2. The molecule has 3 heterocycles. The Labute approximate surface area is 225 Å². The smallest absolute Gasteiger partial charge is 0.337 e. The monoisotopic (exact) mass is 547 g/mol. The van der Waals surface area contributed by atoms with E-state index in [4.69, 9.17) is 34.1 Å². The Hall–Kier alpha value is -3.26. The van der Waals surface area contributed by atoms with E-state index in [-0.39, 0.29) is 24.5 Å². The van der Waals surface area contributed by atoms with E-state index in [1.165, 1.54) is 38.3 Å². The van der Waals surface area contributed by atoms with Crippen LogP contribution in [0.25, 0.3) is 10.4 Å². The van der Waals surface area contributed by atoms with Crippen molar-refractivity contribution in [2.75, 3.05) is 13.7 Å². The molecule has 2 amide bonds. The highest BCUT2D eigenvalue weighted by molar-refractivity contribution is 5.94. The van der Waals surface area contributed by atoms with Gasteiger partial charge in [0.15, 0.2) is 17.7 Å². The highest BCUT2D eigenvalue weighted by Crippen LogP contribution is 2.39. The first-order chi connectivity index (χ1) is 18.3. The fraction of sp³-hybridized carbons (Fsp3) is 0.640. The SMILES string of the molecule is COC(=O)[C@@H]1C[C@@H](C(NC(C)=O)[C@H]2OC(C)(C)O[C@@H]2[C@H]2COC(C)(C)O2)N(C(=O)c2ccc(N=[N+]=[N-])cc2)O1. The molecule has 0 spiro atoms. The van der Waals surface area contributed by atoms with Crippen molar-refractivity contribution >= 4 is 23.5 Å². The fourth-order valence-corrected chi connectivity index (χ4v) is 5.08. The molecule has 4 rings (SSSR count). The summed E-state index contributed by atoms with van der Waals surface area (Å²) in [7, 11) is 1.22. The molecule has 0 bridgehead atoms. The second-order valence-electron chi connectivity index (χ2n) is 10.4. The minimum Gasteiger partial charge on any atom is -0.467 e. The van der Waals surface area contributed by atoms with Crippen LogP contribution < -0.4 is 5.32 Å². The molecule has 14 nitrogen and oxygen atoms in total. The number of carbonyl (C=O) groups is 3. The van der Waals surface area contributed by atoms with E-state index in [1.807, 2.05) is 0 Å². The number of carbonyl (C=O) groups excluding carboxylic acids is 3. The Morgan fingerprint density at radius 1 is 1.13 bits per heavy atom. The van der Waals surface area contributed by atoms with Gasteiger partial charge in [-0.25, -0.2) is 9.86 Å². The molecule has 3 fully saturated rings. The third-order valence-electron chi connectivity index (χ3n) is 6.64. The zero-order valence-electron chi connectivity index (χ0n) is 22.7. The lowest BCUT2D eigenvalue weighted by Gasteiger charge is -2.36. The van der Waals surface area contributed by atoms with Gasteiger partial charge in [-0.15, -0.1) is 0 Å². The van der Waals surface area contributed by atoms with Gasteiger partial charge in [-0.2, -0.15) is 0 Å². The highest BCUT2D eigenvalue weighted by Gasteiger charge is 2.57.